The van der Waals surface area contributed by atoms with Crippen LogP contribution in [-0.4, -0.2) is 0 Å². The van der Waals surface area contributed by atoms with Crippen LogP contribution in [-0.2, 0) is 0 Å². The van der Waals surface area contributed by atoms with Gasteiger partial charge in [0.2, 0.25) is 0 Å². The Bertz CT molecular complexity index is 180. The van der Waals surface area contributed by atoms with Crippen molar-refractivity contribution in [3.8, 4) is 0 Å². The molecule has 0 aromatic heterocycles. The summed E-state index contributed by atoms with van der Waals surface area (Å²) in [6, 6.07) is 0. The molecule has 2 unspecified atom stereocenters. The molecule has 0 saturated heterocycles. The third-order valence-corrected chi connectivity index (χ3v) is 5.23. The summed E-state index contributed by atoms with van der Waals surface area (Å²) < 4.78 is 0. The van der Waals surface area contributed by atoms with E-state index in [2.05, 4.69) is 34.6 Å². The minimum atomic E-state index is 0.593. The molecule has 0 heterocycles. The van der Waals surface area contributed by atoms with Gasteiger partial charge in [-0.15, -0.1) is 0 Å². The minimum Gasteiger partial charge on any atom is -0.0654 e. The van der Waals surface area contributed by atoms with Crippen molar-refractivity contribution in [2.45, 2.75) is 73.1 Å². The van der Waals surface area contributed by atoms with E-state index in [0.29, 0.717) is 10.8 Å². The summed E-state index contributed by atoms with van der Waals surface area (Å²) >= 11 is 0. The summed E-state index contributed by atoms with van der Waals surface area (Å²) in [6.07, 6.45) is 8.55. The molecule has 0 aliphatic heterocycles. The van der Waals surface area contributed by atoms with Crippen molar-refractivity contribution in [2.75, 3.05) is 0 Å². The maximum absolute atomic E-state index is 2.48. The predicted octanol–water partition coefficient (Wildman–Crippen LogP) is 5.03. The normalized spacial score (nSPS) is 35.4. The minimum absolute atomic E-state index is 0.593. The zero-order valence-corrected chi connectivity index (χ0v) is 10.8. The van der Waals surface area contributed by atoms with Gasteiger partial charge >= 0.3 is 0 Å². The third kappa shape index (κ3) is 1.73. The Labute approximate surface area is 90.5 Å². The second kappa shape index (κ2) is 4.24. The highest BCUT2D eigenvalue weighted by molar-refractivity contribution is 5.04. The molecule has 0 spiro atoms. The van der Waals surface area contributed by atoms with Crippen molar-refractivity contribution >= 4 is 0 Å². The van der Waals surface area contributed by atoms with Crippen LogP contribution in [0.25, 0.3) is 0 Å². The molecule has 2 atom stereocenters. The van der Waals surface area contributed by atoms with Crippen molar-refractivity contribution < 1.29 is 0 Å². The molecule has 0 amide bonds. The van der Waals surface area contributed by atoms with Crippen LogP contribution in [0.3, 0.4) is 0 Å². The zero-order valence-electron chi connectivity index (χ0n) is 10.8. The Balaban J connectivity index is 2.52. The van der Waals surface area contributed by atoms with Gasteiger partial charge in [0.25, 0.3) is 0 Å². The van der Waals surface area contributed by atoms with Gasteiger partial charge in [0.1, 0.15) is 0 Å². The molecule has 1 aliphatic carbocycles. The lowest BCUT2D eigenvalue weighted by molar-refractivity contribution is -0.122. The van der Waals surface area contributed by atoms with Crippen LogP contribution in [0, 0.1) is 16.7 Å². The quantitative estimate of drug-likeness (QED) is 0.541. The molecular formula is C14H28. The maximum atomic E-state index is 2.48. The van der Waals surface area contributed by atoms with Crippen LogP contribution in [0.1, 0.15) is 73.1 Å². The zero-order chi connectivity index (χ0) is 10.8. The van der Waals surface area contributed by atoms with E-state index < -0.39 is 0 Å². The molecule has 0 bridgehead atoms. The highest BCUT2D eigenvalue weighted by atomic mass is 14.6. The van der Waals surface area contributed by atoms with E-state index in [9.17, 15) is 0 Å². The molecule has 1 rings (SSSR count). The van der Waals surface area contributed by atoms with Crippen LogP contribution in [0.4, 0.5) is 0 Å². The Morgan fingerprint density at radius 3 is 2.14 bits per heavy atom. The number of rotatable bonds is 5. The van der Waals surface area contributed by atoms with Gasteiger partial charge in [0, 0.05) is 0 Å². The van der Waals surface area contributed by atoms with Crippen LogP contribution >= 0.6 is 0 Å². The van der Waals surface area contributed by atoms with Crippen LogP contribution in [0.2, 0.25) is 0 Å². The first-order valence-electron chi connectivity index (χ1n) is 6.50. The van der Waals surface area contributed by atoms with Gasteiger partial charge in [-0.05, 0) is 36.0 Å². The number of hydrogen-bond donors (Lipinski definition) is 0. The molecule has 0 nitrogen and oxygen atoms in total. The van der Waals surface area contributed by atoms with Crippen LogP contribution in [0.5, 0.6) is 0 Å². The van der Waals surface area contributed by atoms with E-state index in [-0.39, 0.29) is 0 Å². The summed E-state index contributed by atoms with van der Waals surface area (Å²) in [4.78, 5) is 0. The molecule has 14 heavy (non-hydrogen) atoms. The molecule has 0 radical (unpaired) electrons. The third-order valence-electron chi connectivity index (χ3n) is 5.23. The largest absolute Gasteiger partial charge is 0.0654 e. The SMILES string of the molecule is CCCCCC1(CC)CC(C)C1(C)C. The van der Waals surface area contributed by atoms with Crippen molar-refractivity contribution in [1.82, 2.24) is 0 Å². The molecule has 1 aliphatic rings. The lowest BCUT2D eigenvalue weighted by Crippen LogP contribution is -2.53. The van der Waals surface area contributed by atoms with E-state index in [1.54, 1.807) is 0 Å². The average molecular weight is 196 g/mol. The van der Waals surface area contributed by atoms with Crippen molar-refractivity contribution in [2.24, 2.45) is 16.7 Å². The van der Waals surface area contributed by atoms with Crippen LogP contribution in [0.15, 0.2) is 0 Å². The van der Waals surface area contributed by atoms with E-state index in [1.807, 2.05) is 0 Å². The first-order chi connectivity index (χ1) is 6.50. The lowest BCUT2D eigenvalue weighted by Gasteiger charge is -2.62. The fourth-order valence-electron chi connectivity index (χ4n) is 3.41. The first-order valence-corrected chi connectivity index (χ1v) is 6.50. The van der Waals surface area contributed by atoms with E-state index in [0.717, 1.165) is 5.92 Å². The Morgan fingerprint density at radius 2 is 1.79 bits per heavy atom. The second-order valence-corrected chi connectivity index (χ2v) is 5.92. The van der Waals surface area contributed by atoms with E-state index >= 15 is 0 Å². The monoisotopic (exact) mass is 196 g/mol. The highest BCUT2D eigenvalue weighted by Crippen LogP contribution is 2.64. The van der Waals surface area contributed by atoms with Crippen molar-refractivity contribution in [1.29, 1.82) is 0 Å². The molecule has 1 saturated carbocycles. The Morgan fingerprint density at radius 1 is 1.14 bits per heavy atom. The van der Waals surface area contributed by atoms with Gasteiger partial charge in [-0.3, -0.25) is 0 Å². The van der Waals surface area contributed by atoms with Gasteiger partial charge < -0.3 is 0 Å². The van der Waals surface area contributed by atoms with E-state index in [1.165, 1.54) is 38.5 Å². The second-order valence-electron chi connectivity index (χ2n) is 5.92. The Kier molecular flexibility index (Phi) is 3.66. The van der Waals surface area contributed by atoms with Gasteiger partial charge in [0.15, 0.2) is 0 Å². The highest BCUT2D eigenvalue weighted by Gasteiger charge is 2.55. The molecule has 0 N–H and O–H groups in total. The smallest absolute Gasteiger partial charge is 0.0244 e. The van der Waals surface area contributed by atoms with Crippen molar-refractivity contribution in [3.63, 3.8) is 0 Å². The van der Waals surface area contributed by atoms with Gasteiger partial charge in [-0.2, -0.15) is 0 Å². The average Bonchev–Trinajstić information content (AvgIpc) is 2.16. The summed E-state index contributed by atoms with van der Waals surface area (Å²) in [5.74, 6) is 0.934. The number of hydrogen-bond acceptors (Lipinski definition) is 0. The van der Waals surface area contributed by atoms with Gasteiger partial charge in [-0.1, -0.05) is 53.9 Å². The molecule has 0 aromatic rings. The predicted molar refractivity (Wildman–Crippen MR) is 64.4 cm³/mol. The Hall–Kier alpha value is 0. The van der Waals surface area contributed by atoms with Gasteiger partial charge in [-0.25, -0.2) is 0 Å². The fourth-order valence-corrected chi connectivity index (χ4v) is 3.41. The first kappa shape index (κ1) is 12.1. The van der Waals surface area contributed by atoms with E-state index in [4.69, 9.17) is 0 Å². The summed E-state index contributed by atoms with van der Waals surface area (Å²) in [7, 11) is 0. The number of unbranched alkanes of at least 4 members (excludes halogenated alkanes) is 2. The summed E-state index contributed by atoms with van der Waals surface area (Å²) in [5, 5.41) is 0. The summed E-state index contributed by atoms with van der Waals surface area (Å²) in [5.41, 5.74) is 1.27. The standard InChI is InChI=1S/C14H28/c1-6-8-9-10-14(7-2)11-12(3)13(14,4)5/h12H,6-11H2,1-5H3. The van der Waals surface area contributed by atoms with Crippen molar-refractivity contribution in [3.05, 3.63) is 0 Å². The molecular weight excluding hydrogens is 168 g/mol. The fraction of sp³-hybridized carbons (Fsp3) is 1.00. The summed E-state index contributed by atoms with van der Waals surface area (Å²) in [6.45, 7) is 12.1. The molecule has 0 heteroatoms. The molecule has 1 fully saturated rings. The molecule has 0 aromatic carbocycles. The maximum Gasteiger partial charge on any atom is -0.0244 e. The topological polar surface area (TPSA) is 0 Å². The van der Waals surface area contributed by atoms with Crippen LogP contribution < -0.4 is 0 Å². The van der Waals surface area contributed by atoms with Gasteiger partial charge in [0.05, 0.1) is 0 Å². The molecule has 84 valence electrons. The lowest BCUT2D eigenvalue weighted by atomic mass is 9.43.